The summed E-state index contributed by atoms with van der Waals surface area (Å²) in [7, 11) is 0. The van der Waals surface area contributed by atoms with Gasteiger partial charge >= 0.3 is 0 Å². The summed E-state index contributed by atoms with van der Waals surface area (Å²) in [4.78, 5) is 17.4. The molecule has 0 spiro atoms. The first-order valence-corrected chi connectivity index (χ1v) is 12.8. The predicted molar refractivity (Wildman–Crippen MR) is 140 cm³/mol. The molecule has 0 saturated carbocycles. The maximum atomic E-state index is 14.7. The van der Waals surface area contributed by atoms with Crippen molar-refractivity contribution in [2.24, 2.45) is 0 Å². The largest absolute Gasteiger partial charge is 0.382 e. The number of pyridine rings is 1. The number of fused-ring (bicyclic) bond motifs is 1. The molecule has 10 nitrogen and oxygen atoms in total. The maximum Gasteiger partial charge on any atom is 0.285 e. The molecule has 13 heteroatoms. The van der Waals surface area contributed by atoms with Crippen LogP contribution in [0.4, 0.5) is 19.6 Å². The highest BCUT2D eigenvalue weighted by atomic mass is 32.1. The number of nitriles is 1. The normalized spacial score (nSPS) is 17.0. The Labute approximate surface area is 221 Å². The molecular weight excluding hydrogens is 512 g/mol. The maximum absolute atomic E-state index is 14.7. The molecule has 1 aliphatic heterocycles. The zero-order valence-corrected chi connectivity index (χ0v) is 21.8. The molecule has 0 bridgehead atoms. The molecule has 0 aliphatic carbocycles. The average molecular weight is 538 g/mol. The Morgan fingerprint density at radius 2 is 2.08 bits per heavy atom. The van der Waals surface area contributed by atoms with E-state index in [0.717, 1.165) is 16.9 Å². The number of rotatable bonds is 6. The zero-order valence-electron chi connectivity index (χ0n) is 20.9. The van der Waals surface area contributed by atoms with Gasteiger partial charge < -0.3 is 15.5 Å². The molecule has 4 aromatic rings. The van der Waals surface area contributed by atoms with Crippen molar-refractivity contribution >= 4 is 33.6 Å². The second-order valence-electron chi connectivity index (χ2n) is 9.44. The van der Waals surface area contributed by atoms with Crippen LogP contribution in [-0.4, -0.2) is 61.8 Å². The topological polar surface area (TPSA) is 124 Å². The number of piperidine rings is 1. The summed E-state index contributed by atoms with van der Waals surface area (Å²) in [5.41, 5.74) is 4.13. The summed E-state index contributed by atoms with van der Waals surface area (Å²) < 4.78 is 31.1. The Kier molecular flexibility index (Phi) is 6.66. The van der Waals surface area contributed by atoms with Crippen LogP contribution >= 0.6 is 11.3 Å². The van der Waals surface area contributed by atoms with E-state index in [2.05, 4.69) is 37.0 Å². The minimum atomic E-state index is -3.09. The number of aromatic nitrogens is 5. The summed E-state index contributed by atoms with van der Waals surface area (Å²) >= 11 is 1.21. The fraction of sp³-hybridized carbons (Fsp3) is 0.360. The molecule has 5 rings (SSSR count). The Hall–Kier alpha value is -4.18. The van der Waals surface area contributed by atoms with Crippen LogP contribution in [0.2, 0.25) is 0 Å². The number of hydrogen-bond donors (Lipinski definition) is 2. The molecule has 196 valence electrons. The number of amides is 1. The van der Waals surface area contributed by atoms with Crippen molar-refractivity contribution in [2.45, 2.75) is 45.2 Å². The van der Waals surface area contributed by atoms with Crippen molar-refractivity contribution in [3.05, 3.63) is 42.2 Å². The van der Waals surface area contributed by atoms with Gasteiger partial charge in [-0.3, -0.25) is 9.78 Å². The van der Waals surface area contributed by atoms with Gasteiger partial charge in [0.1, 0.15) is 6.07 Å². The van der Waals surface area contributed by atoms with Gasteiger partial charge in [-0.05, 0) is 44.5 Å². The van der Waals surface area contributed by atoms with Gasteiger partial charge in [-0.1, -0.05) is 11.3 Å². The monoisotopic (exact) mass is 537 g/mol. The predicted octanol–water partition coefficient (Wildman–Crippen LogP) is 3.96. The second-order valence-corrected chi connectivity index (χ2v) is 10.4. The van der Waals surface area contributed by atoms with Gasteiger partial charge in [0.25, 0.3) is 5.92 Å². The summed E-state index contributed by atoms with van der Waals surface area (Å²) in [6.07, 6.45) is 3.29. The van der Waals surface area contributed by atoms with Gasteiger partial charge in [0.15, 0.2) is 5.01 Å². The average Bonchev–Trinajstić information content (AvgIpc) is 3.51. The van der Waals surface area contributed by atoms with Gasteiger partial charge in [-0.25, -0.2) is 13.3 Å². The van der Waals surface area contributed by atoms with E-state index in [1.807, 2.05) is 32.0 Å². The number of nitrogens with zero attached hydrogens (tertiary/aromatic N) is 7. The molecule has 5 heterocycles. The lowest BCUT2D eigenvalue weighted by Crippen LogP contribution is -2.58. The van der Waals surface area contributed by atoms with E-state index in [9.17, 15) is 13.6 Å². The van der Waals surface area contributed by atoms with E-state index in [1.54, 1.807) is 16.8 Å². The fourth-order valence-corrected chi connectivity index (χ4v) is 5.32. The van der Waals surface area contributed by atoms with Crippen molar-refractivity contribution in [1.82, 2.24) is 30.1 Å². The summed E-state index contributed by atoms with van der Waals surface area (Å²) in [5.74, 6) is -3.57. The molecule has 1 fully saturated rings. The van der Waals surface area contributed by atoms with Crippen molar-refractivity contribution in [3.8, 4) is 28.0 Å². The number of hydrogen-bond acceptors (Lipinski definition) is 9. The molecule has 4 aromatic heterocycles. The van der Waals surface area contributed by atoms with Crippen LogP contribution in [0.15, 0.2) is 36.7 Å². The molecule has 0 unspecified atom stereocenters. The van der Waals surface area contributed by atoms with E-state index in [-0.39, 0.29) is 12.5 Å². The zero-order chi connectivity index (χ0) is 27.0. The lowest BCUT2D eigenvalue weighted by Gasteiger charge is -2.38. The Bertz CT molecular complexity index is 1540. The van der Waals surface area contributed by atoms with Crippen molar-refractivity contribution < 1.29 is 13.6 Å². The van der Waals surface area contributed by atoms with E-state index in [4.69, 9.17) is 5.26 Å². The van der Waals surface area contributed by atoms with Gasteiger partial charge in [-0.2, -0.15) is 10.4 Å². The third kappa shape index (κ3) is 4.99. The van der Waals surface area contributed by atoms with Crippen LogP contribution in [0.5, 0.6) is 0 Å². The molecule has 1 saturated heterocycles. The van der Waals surface area contributed by atoms with Crippen LogP contribution in [0, 0.1) is 11.3 Å². The third-order valence-electron chi connectivity index (χ3n) is 6.13. The van der Waals surface area contributed by atoms with E-state index in [0.29, 0.717) is 33.5 Å². The second kappa shape index (κ2) is 9.94. The van der Waals surface area contributed by atoms with E-state index >= 15 is 0 Å². The fourth-order valence-electron chi connectivity index (χ4n) is 4.43. The highest BCUT2D eigenvalue weighted by molar-refractivity contribution is 7.18. The molecule has 38 heavy (non-hydrogen) atoms. The Balaban J connectivity index is 1.45. The molecule has 2 N–H and O–H groups in total. The molecule has 0 aromatic carbocycles. The summed E-state index contributed by atoms with van der Waals surface area (Å²) in [5, 5.41) is 28.7. The SMILES string of the molecule is CC(=O)N[C@H]1CCN(c2nnc(-c3cnc(-c4ccc5cc(C#N)cnn45)cc3NC(C)C)s2)CC1(F)F. The van der Waals surface area contributed by atoms with Crippen LogP contribution in [0.3, 0.4) is 0 Å². The quantitative estimate of drug-likeness (QED) is 0.379. The number of alkyl halides is 2. The van der Waals surface area contributed by atoms with Crippen LogP contribution in [0.1, 0.15) is 32.8 Å². The smallest absolute Gasteiger partial charge is 0.285 e. The number of carbonyl (C=O) groups excluding carboxylic acids is 1. The van der Waals surface area contributed by atoms with Gasteiger partial charge in [0, 0.05) is 31.4 Å². The molecule has 1 atom stereocenters. The lowest BCUT2D eigenvalue weighted by molar-refractivity contribution is -0.124. The van der Waals surface area contributed by atoms with E-state index < -0.39 is 24.4 Å². The number of nitrogens with one attached hydrogen (secondary N) is 2. The molecule has 0 radical (unpaired) electrons. The van der Waals surface area contributed by atoms with Crippen molar-refractivity contribution in [1.29, 1.82) is 5.26 Å². The van der Waals surface area contributed by atoms with Gasteiger partial charge in [0.2, 0.25) is 11.0 Å². The molecule has 1 amide bonds. The minimum absolute atomic E-state index is 0.100. The van der Waals surface area contributed by atoms with E-state index in [1.165, 1.54) is 29.4 Å². The first-order valence-electron chi connectivity index (χ1n) is 12.0. The minimum Gasteiger partial charge on any atom is -0.382 e. The molecule has 1 aliphatic rings. The van der Waals surface area contributed by atoms with Crippen LogP contribution in [-0.2, 0) is 4.79 Å². The number of halogens is 2. The standard InChI is InChI=1S/C25H25F2N9OS/c1-14(2)31-19-9-20(21-5-4-17-8-16(10-28)11-30-36(17)21)29-12-18(19)23-33-34-24(38-23)35-7-6-22(32-15(3)37)25(26,27)13-35/h4-5,8-9,11-12,14,22H,6-7,13H2,1-3H3,(H,29,31)(H,32,37)/t22-/m0/s1. The first-order chi connectivity index (χ1) is 18.1. The van der Waals surface area contributed by atoms with Crippen molar-refractivity contribution in [2.75, 3.05) is 23.3 Å². The highest BCUT2D eigenvalue weighted by Gasteiger charge is 2.45. The summed E-state index contributed by atoms with van der Waals surface area (Å²) in [6, 6.07) is 8.39. The number of carbonyl (C=O) groups is 1. The van der Waals surface area contributed by atoms with Crippen LogP contribution < -0.4 is 15.5 Å². The van der Waals surface area contributed by atoms with Gasteiger partial charge in [-0.15, -0.1) is 10.2 Å². The Morgan fingerprint density at radius 3 is 2.79 bits per heavy atom. The van der Waals surface area contributed by atoms with Crippen LogP contribution in [0.25, 0.3) is 27.5 Å². The highest BCUT2D eigenvalue weighted by Crippen LogP contribution is 2.38. The molecular formula is C25H25F2N9OS. The summed E-state index contributed by atoms with van der Waals surface area (Å²) in [6.45, 7) is 5.03. The third-order valence-corrected chi connectivity index (χ3v) is 7.15. The van der Waals surface area contributed by atoms with Crippen molar-refractivity contribution in [3.63, 3.8) is 0 Å². The first kappa shape index (κ1) is 25.5. The Morgan fingerprint density at radius 1 is 1.26 bits per heavy atom. The van der Waals surface area contributed by atoms with Gasteiger partial charge in [0.05, 0.1) is 46.8 Å². The lowest BCUT2D eigenvalue weighted by atomic mass is 10.0. The number of anilines is 2.